The summed E-state index contributed by atoms with van der Waals surface area (Å²) in [6, 6.07) is 62.7. The van der Waals surface area contributed by atoms with Gasteiger partial charge in [-0.3, -0.25) is 0 Å². The Bertz CT molecular complexity index is 3540. The van der Waals surface area contributed by atoms with Gasteiger partial charge in [-0.25, -0.2) is 0 Å². The van der Waals surface area contributed by atoms with E-state index in [9.17, 15) is 0 Å². The number of rotatable bonds is 3. The zero-order valence-electron chi connectivity index (χ0n) is 43.0. The first kappa shape index (κ1) is 44.2. The van der Waals surface area contributed by atoms with Gasteiger partial charge in [0.05, 0.1) is 0 Å². The average molecular weight is 911 g/mol. The van der Waals surface area contributed by atoms with E-state index in [1.54, 1.807) is 0 Å². The number of nitrogens with zero attached hydrogens (tertiary/aromatic N) is 2. The predicted molar refractivity (Wildman–Crippen MR) is 303 cm³/mol. The smallest absolute Gasteiger partial charge is 0.252 e. The van der Waals surface area contributed by atoms with Crippen LogP contribution < -0.4 is 26.2 Å². The predicted octanol–water partition coefficient (Wildman–Crippen LogP) is 16.8. The van der Waals surface area contributed by atoms with Crippen LogP contribution in [0.15, 0.2) is 168 Å². The third kappa shape index (κ3) is 7.08. The van der Waals surface area contributed by atoms with Crippen molar-refractivity contribution >= 4 is 101 Å². The summed E-state index contributed by atoms with van der Waals surface area (Å²) in [6.07, 6.45) is 0. The Kier molecular flexibility index (Phi) is 9.62. The van der Waals surface area contributed by atoms with Crippen LogP contribution in [0.25, 0.3) is 54.6 Å². The minimum absolute atomic E-state index is 0.0583. The Morgan fingerprint density at radius 1 is 0.371 bits per heavy atom. The molecule has 1 aromatic heterocycles. The Morgan fingerprint density at radius 2 is 0.771 bits per heavy atom. The molecule has 3 nitrogen and oxygen atoms in total. The van der Waals surface area contributed by atoms with Crippen LogP contribution in [0.5, 0.6) is 0 Å². The van der Waals surface area contributed by atoms with E-state index in [-0.39, 0.29) is 28.4 Å². The molecule has 3 heterocycles. The highest BCUT2D eigenvalue weighted by Gasteiger charge is 2.45. The van der Waals surface area contributed by atoms with Crippen LogP contribution in [0, 0.1) is 0 Å². The first-order valence-corrected chi connectivity index (χ1v) is 25.3. The second kappa shape index (κ2) is 15.2. The molecular formula is C66H63BN2O. The molecule has 0 atom stereocenters. The Labute approximate surface area is 414 Å². The molecule has 0 amide bonds. The maximum absolute atomic E-state index is 6.63. The summed E-state index contributed by atoms with van der Waals surface area (Å²) >= 11 is 0. The van der Waals surface area contributed by atoms with E-state index in [2.05, 4.69) is 257 Å². The fraction of sp³-hybridized carbons (Fsp3) is 0.242. The van der Waals surface area contributed by atoms with Crippen molar-refractivity contribution in [2.24, 2.45) is 0 Å². The van der Waals surface area contributed by atoms with E-state index < -0.39 is 0 Å². The molecule has 0 fully saturated rings. The van der Waals surface area contributed by atoms with E-state index in [1.165, 1.54) is 94.3 Å². The normalized spacial score (nSPS) is 13.9. The highest BCUT2D eigenvalue weighted by Crippen LogP contribution is 2.50. The second-order valence-electron chi connectivity index (χ2n) is 24.4. The molecule has 346 valence electrons. The van der Waals surface area contributed by atoms with Crippen molar-refractivity contribution in [1.29, 1.82) is 0 Å². The number of anilines is 6. The van der Waals surface area contributed by atoms with Gasteiger partial charge in [0, 0.05) is 44.9 Å². The first-order chi connectivity index (χ1) is 33.2. The van der Waals surface area contributed by atoms with Gasteiger partial charge in [0.2, 0.25) is 0 Å². The molecule has 0 saturated heterocycles. The van der Waals surface area contributed by atoms with Crippen LogP contribution in [0.4, 0.5) is 34.1 Å². The molecule has 10 aromatic rings. The minimum atomic E-state index is -0.0839. The van der Waals surface area contributed by atoms with Gasteiger partial charge in [-0.1, -0.05) is 186 Å². The minimum Gasteiger partial charge on any atom is -0.456 e. The highest BCUT2D eigenvalue weighted by molar-refractivity contribution is 7.00. The molecule has 0 radical (unpaired) electrons. The summed E-state index contributed by atoms with van der Waals surface area (Å²) in [6.45, 7) is 28.1. The molecule has 0 spiro atoms. The van der Waals surface area contributed by atoms with Crippen LogP contribution >= 0.6 is 0 Å². The molecule has 2 aliphatic heterocycles. The van der Waals surface area contributed by atoms with E-state index in [0.717, 1.165) is 33.1 Å². The van der Waals surface area contributed by atoms with Crippen molar-refractivity contribution < 1.29 is 4.42 Å². The van der Waals surface area contributed by atoms with E-state index >= 15 is 0 Å². The van der Waals surface area contributed by atoms with E-state index in [4.69, 9.17) is 4.42 Å². The summed E-state index contributed by atoms with van der Waals surface area (Å²) in [7, 11) is 0. The van der Waals surface area contributed by atoms with Gasteiger partial charge < -0.3 is 14.2 Å². The molecule has 0 saturated carbocycles. The molecule has 2 aliphatic rings. The molecular weight excluding hydrogens is 848 g/mol. The van der Waals surface area contributed by atoms with Crippen LogP contribution in [-0.2, 0) is 21.7 Å². The van der Waals surface area contributed by atoms with E-state index in [1.807, 2.05) is 0 Å². The lowest BCUT2D eigenvalue weighted by atomic mass is 9.33. The number of furan rings is 1. The van der Waals surface area contributed by atoms with E-state index in [0.29, 0.717) is 0 Å². The average Bonchev–Trinajstić information content (AvgIpc) is 3.70. The standard InChI is InChI=1S/C66H63BN2O/c1-63(2,3)45-34-46(64(4,5)6)37-49(36-45)68-55-30-42-22-15-13-20-40(42)28-53(55)67-54-29-41-21-14-16-23-43(41)31-56(54)69(50-38-47(65(7,8)9)35-48(39-50)66(10,11)12)58-33-44(32-57(68)62(58)67)51-25-19-27-60-61(51)52-24-17-18-26-59(52)70-60/h13-39H,1-12H3. The molecule has 70 heavy (non-hydrogen) atoms. The summed E-state index contributed by atoms with van der Waals surface area (Å²) < 4.78 is 6.63. The third-order valence-corrected chi connectivity index (χ3v) is 15.3. The number of fused-ring (bicyclic) bond motifs is 9. The van der Waals surface area contributed by atoms with Crippen LogP contribution in [0.1, 0.15) is 105 Å². The quantitative estimate of drug-likeness (QED) is 0.165. The summed E-state index contributed by atoms with van der Waals surface area (Å²) in [5, 5.41) is 7.22. The highest BCUT2D eigenvalue weighted by atomic mass is 16.3. The van der Waals surface area contributed by atoms with Crippen LogP contribution in [-0.4, -0.2) is 6.71 Å². The zero-order valence-corrected chi connectivity index (χ0v) is 43.0. The van der Waals surface area contributed by atoms with Gasteiger partial charge in [0.25, 0.3) is 6.71 Å². The number of hydrogen-bond acceptors (Lipinski definition) is 3. The lowest BCUT2D eigenvalue weighted by molar-refractivity contribution is 0.568. The van der Waals surface area contributed by atoms with Gasteiger partial charge in [-0.2, -0.15) is 0 Å². The number of hydrogen-bond donors (Lipinski definition) is 0. The van der Waals surface area contributed by atoms with Crippen molar-refractivity contribution in [1.82, 2.24) is 0 Å². The lowest BCUT2D eigenvalue weighted by Gasteiger charge is -2.45. The van der Waals surface area contributed by atoms with Gasteiger partial charge in [-0.15, -0.1) is 0 Å². The van der Waals surface area contributed by atoms with Gasteiger partial charge in [0.15, 0.2) is 0 Å². The Morgan fingerprint density at radius 3 is 1.21 bits per heavy atom. The van der Waals surface area contributed by atoms with Gasteiger partial charge in [-0.05, 0) is 154 Å². The molecule has 0 aliphatic carbocycles. The molecule has 0 unspecified atom stereocenters. The Hall–Kier alpha value is -7.04. The maximum atomic E-state index is 6.63. The maximum Gasteiger partial charge on any atom is 0.252 e. The van der Waals surface area contributed by atoms with Crippen molar-refractivity contribution in [2.45, 2.75) is 105 Å². The SMILES string of the molecule is CC(C)(C)c1cc(N2c3cc4ccccc4cc3B3c4cc5ccccc5cc4N(c4cc(C(C)(C)C)cc(C(C)(C)C)c4)c4cc(-c5cccc6oc7ccccc7c56)cc2c43)cc(C(C)(C)C)c1. The molecule has 9 aromatic carbocycles. The second-order valence-corrected chi connectivity index (χ2v) is 24.4. The summed E-state index contributed by atoms with van der Waals surface area (Å²) in [5.74, 6) is 0. The molecule has 12 rings (SSSR count). The molecule has 4 heteroatoms. The Balaban J connectivity index is 1.28. The first-order valence-electron chi connectivity index (χ1n) is 25.3. The van der Waals surface area contributed by atoms with Crippen molar-refractivity contribution in [3.8, 4) is 11.1 Å². The molecule has 0 N–H and O–H groups in total. The topological polar surface area (TPSA) is 19.6 Å². The van der Waals surface area contributed by atoms with Crippen LogP contribution in [0.3, 0.4) is 0 Å². The van der Waals surface area contributed by atoms with Crippen molar-refractivity contribution in [2.75, 3.05) is 9.80 Å². The lowest BCUT2D eigenvalue weighted by Crippen LogP contribution is -2.61. The number of benzene rings is 9. The van der Waals surface area contributed by atoms with Crippen LogP contribution in [0.2, 0.25) is 0 Å². The fourth-order valence-corrected chi connectivity index (χ4v) is 11.3. The van der Waals surface area contributed by atoms with Crippen molar-refractivity contribution in [3.05, 3.63) is 186 Å². The summed E-state index contributed by atoms with van der Waals surface area (Å²) in [5.41, 5.74) is 20.2. The third-order valence-electron chi connectivity index (χ3n) is 15.3. The monoisotopic (exact) mass is 911 g/mol. The number of para-hydroxylation sites is 1. The molecule has 0 bridgehead atoms. The fourth-order valence-electron chi connectivity index (χ4n) is 11.3. The largest absolute Gasteiger partial charge is 0.456 e. The summed E-state index contributed by atoms with van der Waals surface area (Å²) in [4.78, 5) is 5.27. The van der Waals surface area contributed by atoms with Crippen molar-refractivity contribution in [3.63, 3.8) is 0 Å². The van der Waals surface area contributed by atoms with Gasteiger partial charge >= 0.3 is 0 Å². The zero-order chi connectivity index (χ0) is 48.8. The van der Waals surface area contributed by atoms with Gasteiger partial charge in [0.1, 0.15) is 11.2 Å².